The third kappa shape index (κ3) is 2.33. The lowest BCUT2D eigenvalue weighted by Crippen LogP contribution is -2.54. The first-order valence-electron chi connectivity index (χ1n) is 9.16. The van der Waals surface area contributed by atoms with Gasteiger partial charge in [-0.25, -0.2) is 15.0 Å². The minimum atomic E-state index is 0.414. The molecule has 0 saturated carbocycles. The van der Waals surface area contributed by atoms with Crippen LogP contribution in [0.1, 0.15) is 19.5 Å². The molecule has 2 atom stereocenters. The fraction of sp³-hybridized carbons (Fsp3) is 0.350. The normalized spacial score (nSPS) is 21.1. The molecule has 6 heteroatoms. The number of nitrogens with one attached hydrogen (secondary N) is 1. The Bertz CT molecular complexity index is 1120. The summed E-state index contributed by atoms with van der Waals surface area (Å²) in [7, 11) is 0. The molecule has 1 aliphatic heterocycles. The first-order valence-corrected chi connectivity index (χ1v) is 9.16. The van der Waals surface area contributed by atoms with Crippen LogP contribution in [0, 0.1) is 6.92 Å². The van der Waals surface area contributed by atoms with Crippen LogP contribution in [-0.4, -0.2) is 44.5 Å². The minimum Gasteiger partial charge on any atom is -0.350 e. The van der Waals surface area contributed by atoms with E-state index >= 15 is 0 Å². The van der Waals surface area contributed by atoms with Crippen LogP contribution in [0.4, 0.5) is 5.82 Å². The van der Waals surface area contributed by atoms with Gasteiger partial charge in [-0.2, -0.15) is 0 Å². The van der Waals surface area contributed by atoms with E-state index in [0.29, 0.717) is 12.1 Å². The molecule has 0 unspecified atom stereocenters. The number of fused-ring (bicyclic) bond motifs is 5. The van der Waals surface area contributed by atoms with E-state index in [-0.39, 0.29) is 0 Å². The van der Waals surface area contributed by atoms with Crippen molar-refractivity contribution in [3.63, 3.8) is 0 Å². The van der Waals surface area contributed by atoms with Gasteiger partial charge in [0, 0.05) is 30.9 Å². The number of para-hydroxylation sites is 2. The van der Waals surface area contributed by atoms with Crippen molar-refractivity contribution in [1.82, 2.24) is 24.7 Å². The number of nitrogens with zero attached hydrogens (tertiary/aromatic N) is 5. The van der Waals surface area contributed by atoms with E-state index in [9.17, 15) is 0 Å². The molecule has 0 spiro atoms. The zero-order valence-electron chi connectivity index (χ0n) is 15.3. The van der Waals surface area contributed by atoms with Crippen LogP contribution >= 0.6 is 0 Å². The molecule has 4 aromatic rings. The molecule has 3 aromatic heterocycles. The highest BCUT2D eigenvalue weighted by atomic mass is 15.3. The summed E-state index contributed by atoms with van der Waals surface area (Å²) in [6.45, 7) is 8.28. The molecule has 6 nitrogen and oxygen atoms in total. The van der Waals surface area contributed by atoms with E-state index in [4.69, 9.17) is 15.0 Å². The number of aromatic nitrogens is 4. The molecular formula is C20H22N6. The number of benzene rings is 1. The quantitative estimate of drug-likeness (QED) is 0.574. The van der Waals surface area contributed by atoms with Crippen molar-refractivity contribution in [2.45, 2.75) is 32.9 Å². The molecule has 1 fully saturated rings. The molecule has 0 aliphatic carbocycles. The van der Waals surface area contributed by atoms with Gasteiger partial charge in [-0.05, 0) is 45.0 Å². The van der Waals surface area contributed by atoms with Crippen LogP contribution in [0.25, 0.3) is 27.8 Å². The Balaban J connectivity index is 1.86. The predicted molar refractivity (Wildman–Crippen MR) is 105 cm³/mol. The van der Waals surface area contributed by atoms with Crippen LogP contribution in [0.15, 0.2) is 36.4 Å². The fourth-order valence-corrected chi connectivity index (χ4v) is 4.05. The molecule has 132 valence electrons. The van der Waals surface area contributed by atoms with Crippen molar-refractivity contribution >= 4 is 33.7 Å². The first kappa shape index (κ1) is 15.5. The predicted octanol–water partition coefficient (Wildman–Crippen LogP) is 2.93. The van der Waals surface area contributed by atoms with E-state index in [1.807, 2.05) is 25.1 Å². The molecule has 1 aliphatic rings. The van der Waals surface area contributed by atoms with Gasteiger partial charge in [0.2, 0.25) is 0 Å². The Kier molecular flexibility index (Phi) is 3.37. The van der Waals surface area contributed by atoms with E-state index in [2.05, 4.69) is 46.7 Å². The smallest absolute Gasteiger partial charge is 0.183 e. The van der Waals surface area contributed by atoms with Crippen molar-refractivity contribution in [2.24, 2.45) is 0 Å². The molecule has 4 heterocycles. The Morgan fingerprint density at radius 1 is 0.885 bits per heavy atom. The molecule has 26 heavy (non-hydrogen) atoms. The minimum absolute atomic E-state index is 0.414. The average molecular weight is 346 g/mol. The summed E-state index contributed by atoms with van der Waals surface area (Å²) >= 11 is 0. The van der Waals surface area contributed by atoms with E-state index in [1.165, 1.54) is 0 Å². The highest BCUT2D eigenvalue weighted by Crippen LogP contribution is 2.29. The number of hydrogen-bond donors (Lipinski definition) is 1. The van der Waals surface area contributed by atoms with E-state index in [0.717, 1.165) is 52.4 Å². The Labute approximate surface area is 151 Å². The molecule has 0 amide bonds. The van der Waals surface area contributed by atoms with Crippen LogP contribution in [0.3, 0.4) is 0 Å². The van der Waals surface area contributed by atoms with Gasteiger partial charge in [0.15, 0.2) is 17.1 Å². The van der Waals surface area contributed by atoms with Gasteiger partial charge in [0.1, 0.15) is 5.52 Å². The van der Waals surface area contributed by atoms with Gasteiger partial charge in [-0.15, -0.1) is 0 Å². The third-order valence-electron chi connectivity index (χ3n) is 5.05. The summed E-state index contributed by atoms with van der Waals surface area (Å²) < 4.78 is 2.16. The molecule has 1 aromatic carbocycles. The van der Waals surface area contributed by atoms with Gasteiger partial charge in [-0.1, -0.05) is 12.1 Å². The SMILES string of the molecule is Cc1ccc2nc(N3C[C@@H](C)N[C@@H](C)C3)c3nc4ccccc4n3c2n1. The third-order valence-corrected chi connectivity index (χ3v) is 5.05. The first-order chi connectivity index (χ1) is 12.6. The Morgan fingerprint density at radius 3 is 2.46 bits per heavy atom. The summed E-state index contributed by atoms with van der Waals surface area (Å²) in [5.41, 5.74) is 5.69. The number of piperazine rings is 1. The fourth-order valence-electron chi connectivity index (χ4n) is 4.05. The zero-order valence-corrected chi connectivity index (χ0v) is 15.3. The van der Waals surface area contributed by atoms with Crippen molar-refractivity contribution in [2.75, 3.05) is 18.0 Å². The van der Waals surface area contributed by atoms with Crippen molar-refractivity contribution < 1.29 is 0 Å². The topological polar surface area (TPSA) is 58.4 Å². The number of imidazole rings is 1. The number of aryl methyl sites for hydroxylation is 1. The lowest BCUT2D eigenvalue weighted by Gasteiger charge is -2.37. The van der Waals surface area contributed by atoms with Crippen LogP contribution in [0.5, 0.6) is 0 Å². The van der Waals surface area contributed by atoms with Crippen molar-refractivity contribution in [1.29, 1.82) is 0 Å². The van der Waals surface area contributed by atoms with E-state index in [1.54, 1.807) is 0 Å². The molecule has 0 radical (unpaired) electrons. The van der Waals surface area contributed by atoms with Gasteiger partial charge >= 0.3 is 0 Å². The molecule has 1 N–H and O–H groups in total. The highest BCUT2D eigenvalue weighted by Gasteiger charge is 2.26. The van der Waals surface area contributed by atoms with Crippen LogP contribution in [-0.2, 0) is 0 Å². The largest absolute Gasteiger partial charge is 0.350 e. The number of rotatable bonds is 1. The summed E-state index contributed by atoms with van der Waals surface area (Å²) in [5.74, 6) is 0.944. The number of pyridine rings is 1. The lowest BCUT2D eigenvalue weighted by molar-refractivity contribution is 0.405. The van der Waals surface area contributed by atoms with Gasteiger partial charge in [0.25, 0.3) is 0 Å². The van der Waals surface area contributed by atoms with Crippen molar-refractivity contribution in [3.8, 4) is 0 Å². The maximum absolute atomic E-state index is 4.98. The van der Waals surface area contributed by atoms with Crippen molar-refractivity contribution in [3.05, 3.63) is 42.1 Å². The molecule has 1 saturated heterocycles. The zero-order chi connectivity index (χ0) is 17.8. The summed E-state index contributed by atoms with van der Waals surface area (Å²) in [6.07, 6.45) is 0. The standard InChI is InChI=1S/C20H22N6/c1-12-8-9-16-18(22-12)26-17-7-5-4-6-15(17)23-20(26)19(24-16)25-10-13(2)21-14(3)11-25/h4-9,13-14,21H,10-11H2,1-3H3/t13-,14+. The number of anilines is 1. The summed E-state index contributed by atoms with van der Waals surface area (Å²) in [6, 6.07) is 13.1. The van der Waals surface area contributed by atoms with Gasteiger partial charge < -0.3 is 10.2 Å². The monoisotopic (exact) mass is 346 g/mol. The molecule has 0 bridgehead atoms. The maximum Gasteiger partial charge on any atom is 0.183 e. The van der Waals surface area contributed by atoms with E-state index < -0.39 is 0 Å². The summed E-state index contributed by atoms with van der Waals surface area (Å²) in [4.78, 5) is 17.0. The molecule has 5 rings (SSSR count). The number of hydrogen-bond acceptors (Lipinski definition) is 5. The Hall–Kier alpha value is -2.73. The second kappa shape index (κ2) is 5.64. The van der Waals surface area contributed by atoms with Gasteiger partial charge in [0.05, 0.1) is 11.0 Å². The Morgan fingerprint density at radius 2 is 1.65 bits per heavy atom. The van der Waals surface area contributed by atoms with Crippen LogP contribution in [0.2, 0.25) is 0 Å². The van der Waals surface area contributed by atoms with Crippen LogP contribution < -0.4 is 10.2 Å². The molecular weight excluding hydrogens is 324 g/mol. The van der Waals surface area contributed by atoms with Gasteiger partial charge in [-0.3, -0.25) is 4.40 Å². The second-order valence-corrected chi connectivity index (χ2v) is 7.36. The average Bonchev–Trinajstić information content (AvgIpc) is 3.00. The lowest BCUT2D eigenvalue weighted by atomic mass is 10.1. The maximum atomic E-state index is 4.98. The summed E-state index contributed by atoms with van der Waals surface area (Å²) in [5, 5.41) is 3.59. The highest BCUT2D eigenvalue weighted by molar-refractivity contribution is 5.91. The second-order valence-electron chi connectivity index (χ2n) is 7.36.